The number of carbonyl (C=O) groups is 1. The van der Waals surface area contributed by atoms with Gasteiger partial charge in [0, 0.05) is 18.1 Å². The summed E-state index contributed by atoms with van der Waals surface area (Å²) in [6.07, 6.45) is 7.25. The lowest BCUT2D eigenvalue weighted by atomic mass is 9.94. The van der Waals surface area contributed by atoms with Crippen LogP contribution in [-0.2, 0) is 11.3 Å². The molecule has 2 aromatic heterocycles. The first kappa shape index (κ1) is 22.0. The van der Waals surface area contributed by atoms with Gasteiger partial charge >= 0.3 is 0 Å². The molecule has 4 rings (SSSR count). The second-order valence-corrected chi connectivity index (χ2v) is 9.77. The number of thioether (sulfide) groups is 1. The number of benzene rings is 1. The molecule has 1 aliphatic rings. The standard InChI is InChI=1S/C23H26ClN3O3S/c1-15(21(28)26(2)17-7-4-3-5-8-17)31-23-25-20-13-16(24)10-11-19(20)22(29)27(23)14-18-9-6-12-30-18/h6,9-13,15,17H,3-5,7-8,14H2,1-2H3. The maximum Gasteiger partial charge on any atom is 0.262 e. The van der Waals surface area contributed by atoms with Crippen LogP contribution in [0.4, 0.5) is 0 Å². The Morgan fingerprint density at radius 1 is 1.32 bits per heavy atom. The number of hydrogen-bond acceptors (Lipinski definition) is 5. The summed E-state index contributed by atoms with van der Waals surface area (Å²) in [7, 11) is 1.89. The van der Waals surface area contributed by atoms with Crippen LogP contribution in [0.25, 0.3) is 10.9 Å². The number of hydrogen-bond donors (Lipinski definition) is 0. The van der Waals surface area contributed by atoms with Crippen LogP contribution in [0.1, 0.15) is 44.8 Å². The summed E-state index contributed by atoms with van der Waals surface area (Å²) >= 11 is 7.43. The summed E-state index contributed by atoms with van der Waals surface area (Å²) in [6.45, 7) is 2.12. The molecular weight excluding hydrogens is 434 g/mol. The molecule has 0 spiro atoms. The number of rotatable bonds is 6. The van der Waals surface area contributed by atoms with Crippen LogP contribution < -0.4 is 5.56 Å². The summed E-state index contributed by atoms with van der Waals surface area (Å²) in [5.74, 6) is 0.708. The van der Waals surface area contributed by atoms with Gasteiger partial charge in [-0.15, -0.1) is 0 Å². The Labute approximate surface area is 190 Å². The molecule has 0 N–H and O–H groups in total. The predicted molar refractivity (Wildman–Crippen MR) is 124 cm³/mol. The number of furan rings is 1. The van der Waals surface area contributed by atoms with Gasteiger partial charge in [0.2, 0.25) is 5.91 Å². The van der Waals surface area contributed by atoms with E-state index < -0.39 is 0 Å². The average molecular weight is 460 g/mol. The zero-order chi connectivity index (χ0) is 22.0. The smallest absolute Gasteiger partial charge is 0.262 e. The van der Waals surface area contributed by atoms with E-state index in [1.54, 1.807) is 35.1 Å². The van der Waals surface area contributed by atoms with Crippen LogP contribution in [0.5, 0.6) is 0 Å². The van der Waals surface area contributed by atoms with Gasteiger partial charge in [0.25, 0.3) is 5.56 Å². The van der Waals surface area contributed by atoms with E-state index in [-0.39, 0.29) is 29.3 Å². The molecule has 0 radical (unpaired) electrons. The largest absolute Gasteiger partial charge is 0.467 e. The third kappa shape index (κ3) is 4.83. The molecule has 164 valence electrons. The van der Waals surface area contributed by atoms with Gasteiger partial charge in [-0.25, -0.2) is 4.98 Å². The first-order chi connectivity index (χ1) is 14.9. The van der Waals surface area contributed by atoms with Crippen LogP contribution in [-0.4, -0.2) is 38.7 Å². The number of fused-ring (bicyclic) bond motifs is 1. The van der Waals surface area contributed by atoms with Crippen molar-refractivity contribution < 1.29 is 9.21 Å². The Morgan fingerprint density at radius 2 is 2.10 bits per heavy atom. The summed E-state index contributed by atoms with van der Waals surface area (Å²) in [6, 6.07) is 8.94. The molecule has 6 nitrogen and oxygen atoms in total. The van der Waals surface area contributed by atoms with Gasteiger partial charge in [-0.2, -0.15) is 0 Å². The molecule has 1 amide bonds. The number of aromatic nitrogens is 2. The molecule has 0 aliphatic heterocycles. The van der Waals surface area contributed by atoms with Crippen molar-refractivity contribution in [3.05, 3.63) is 57.7 Å². The highest BCUT2D eigenvalue weighted by atomic mass is 35.5. The zero-order valence-corrected chi connectivity index (χ0v) is 19.3. The third-order valence-electron chi connectivity index (χ3n) is 5.88. The van der Waals surface area contributed by atoms with Crippen molar-refractivity contribution in [3.63, 3.8) is 0 Å². The molecule has 31 heavy (non-hydrogen) atoms. The summed E-state index contributed by atoms with van der Waals surface area (Å²) < 4.78 is 7.03. The fourth-order valence-corrected chi connectivity index (χ4v) is 5.28. The minimum atomic E-state index is -0.377. The Hall–Kier alpha value is -2.25. The molecule has 1 atom stereocenters. The second-order valence-electron chi connectivity index (χ2n) is 8.03. The Morgan fingerprint density at radius 3 is 2.81 bits per heavy atom. The lowest BCUT2D eigenvalue weighted by Gasteiger charge is -2.32. The van der Waals surface area contributed by atoms with Gasteiger partial charge in [0.15, 0.2) is 5.16 Å². The van der Waals surface area contributed by atoms with E-state index in [4.69, 9.17) is 21.0 Å². The molecule has 1 unspecified atom stereocenters. The SMILES string of the molecule is CC(Sc1nc2cc(Cl)ccc2c(=O)n1Cc1ccco1)C(=O)N(C)C1CCCCC1. The van der Waals surface area contributed by atoms with Crippen molar-refractivity contribution >= 4 is 40.2 Å². The highest BCUT2D eigenvalue weighted by Crippen LogP contribution is 2.28. The maximum atomic E-state index is 13.2. The number of nitrogens with zero attached hydrogens (tertiary/aromatic N) is 3. The third-order valence-corrected chi connectivity index (χ3v) is 7.19. The van der Waals surface area contributed by atoms with Crippen molar-refractivity contribution in [2.24, 2.45) is 0 Å². The van der Waals surface area contributed by atoms with Crippen LogP contribution in [0.15, 0.2) is 51.0 Å². The van der Waals surface area contributed by atoms with Crippen LogP contribution in [0, 0.1) is 0 Å². The zero-order valence-electron chi connectivity index (χ0n) is 17.7. The van der Waals surface area contributed by atoms with Crippen LogP contribution in [0.3, 0.4) is 0 Å². The van der Waals surface area contributed by atoms with E-state index in [1.807, 2.05) is 24.9 Å². The fraction of sp³-hybridized carbons (Fsp3) is 0.435. The summed E-state index contributed by atoms with van der Waals surface area (Å²) in [5.41, 5.74) is 0.344. The second kappa shape index (κ2) is 9.49. The molecule has 0 saturated heterocycles. The van der Waals surface area contributed by atoms with E-state index >= 15 is 0 Å². The van der Waals surface area contributed by atoms with Gasteiger partial charge in [0.1, 0.15) is 5.76 Å². The monoisotopic (exact) mass is 459 g/mol. The lowest BCUT2D eigenvalue weighted by molar-refractivity contribution is -0.131. The lowest BCUT2D eigenvalue weighted by Crippen LogP contribution is -2.42. The molecule has 1 fully saturated rings. The Bertz CT molecular complexity index is 1120. The van der Waals surface area contributed by atoms with Crippen molar-refractivity contribution in [2.45, 2.75) is 62.0 Å². The highest BCUT2D eigenvalue weighted by Gasteiger charge is 2.27. The molecule has 2 heterocycles. The van der Waals surface area contributed by atoms with E-state index in [9.17, 15) is 9.59 Å². The highest BCUT2D eigenvalue weighted by molar-refractivity contribution is 8.00. The summed E-state index contributed by atoms with van der Waals surface area (Å²) in [5, 5.41) is 1.10. The number of amides is 1. The molecular formula is C23H26ClN3O3S. The van der Waals surface area contributed by atoms with Crippen molar-refractivity contribution in [3.8, 4) is 0 Å². The number of carbonyl (C=O) groups excluding carboxylic acids is 1. The molecule has 8 heteroatoms. The Kier molecular flexibility index (Phi) is 6.72. The molecule has 1 aliphatic carbocycles. The van der Waals surface area contributed by atoms with Gasteiger partial charge in [-0.3, -0.25) is 14.2 Å². The summed E-state index contributed by atoms with van der Waals surface area (Å²) in [4.78, 5) is 33.0. The van der Waals surface area contributed by atoms with Gasteiger partial charge in [0.05, 0.1) is 29.0 Å². The molecule has 1 saturated carbocycles. The normalized spacial score (nSPS) is 15.8. The van der Waals surface area contributed by atoms with E-state index in [2.05, 4.69) is 0 Å². The molecule has 0 bridgehead atoms. The average Bonchev–Trinajstić information content (AvgIpc) is 3.29. The molecule has 1 aromatic carbocycles. The number of halogens is 1. The molecule has 3 aromatic rings. The van der Waals surface area contributed by atoms with Crippen molar-refractivity contribution in [1.29, 1.82) is 0 Å². The first-order valence-electron chi connectivity index (χ1n) is 10.6. The van der Waals surface area contributed by atoms with Crippen LogP contribution in [0.2, 0.25) is 5.02 Å². The van der Waals surface area contributed by atoms with Gasteiger partial charge < -0.3 is 9.32 Å². The topological polar surface area (TPSA) is 68.3 Å². The van der Waals surface area contributed by atoms with Crippen molar-refractivity contribution in [1.82, 2.24) is 14.5 Å². The van der Waals surface area contributed by atoms with E-state index in [0.717, 1.165) is 12.8 Å². The fourth-order valence-electron chi connectivity index (χ4n) is 4.11. The van der Waals surface area contributed by atoms with Crippen molar-refractivity contribution in [2.75, 3.05) is 7.05 Å². The first-order valence-corrected chi connectivity index (χ1v) is 11.9. The van der Waals surface area contributed by atoms with E-state index in [1.165, 1.54) is 31.0 Å². The maximum absolute atomic E-state index is 13.2. The van der Waals surface area contributed by atoms with E-state index in [0.29, 0.717) is 26.8 Å². The van der Waals surface area contributed by atoms with Crippen LogP contribution >= 0.6 is 23.4 Å². The minimum absolute atomic E-state index is 0.0573. The Balaban J connectivity index is 1.66. The predicted octanol–water partition coefficient (Wildman–Crippen LogP) is 4.96. The quantitative estimate of drug-likeness (QED) is 0.385. The van der Waals surface area contributed by atoms with Gasteiger partial charge in [-0.1, -0.05) is 42.6 Å². The minimum Gasteiger partial charge on any atom is -0.467 e. The van der Waals surface area contributed by atoms with Gasteiger partial charge in [-0.05, 0) is 50.1 Å².